The third-order valence-corrected chi connectivity index (χ3v) is 7.09. The number of nitrogens with zero attached hydrogens (tertiary/aromatic N) is 3. The molecule has 0 radical (unpaired) electrons. The first-order valence-corrected chi connectivity index (χ1v) is 12.7. The van der Waals surface area contributed by atoms with Crippen LogP contribution in [0.5, 0.6) is 0 Å². The SMILES string of the molecule is Br.N#Cc1ccc(CN2CN(C(c3ccccc3)(c3ccccc3)c3ccccc3)C=C2CCC(=O)O)cc1. The molecule has 1 N–H and O–H groups in total. The summed E-state index contributed by atoms with van der Waals surface area (Å²) in [7, 11) is 0. The second-order valence-corrected chi connectivity index (χ2v) is 9.44. The lowest BCUT2D eigenvalue weighted by Gasteiger charge is -2.44. The Balaban J connectivity index is 0.00000353. The number of halogens is 1. The highest BCUT2D eigenvalue weighted by Gasteiger charge is 2.43. The summed E-state index contributed by atoms with van der Waals surface area (Å²) in [4.78, 5) is 16.1. The Morgan fingerprint density at radius 3 is 1.72 bits per heavy atom. The van der Waals surface area contributed by atoms with E-state index in [9.17, 15) is 15.2 Å². The Morgan fingerprint density at radius 2 is 1.28 bits per heavy atom. The number of hydrogen-bond acceptors (Lipinski definition) is 4. The lowest BCUT2D eigenvalue weighted by atomic mass is 9.76. The Hall–Kier alpha value is -4.34. The molecule has 0 fully saturated rings. The van der Waals surface area contributed by atoms with Crippen LogP contribution >= 0.6 is 17.0 Å². The Labute approximate surface area is 240 Å². The molecule has 5 rings (SSSR count). The van der Waals surface area contributed by atoms with Gasteiger partial charge in [-0.15, -0.1) is 17.0 Å². The summed E-state index contributed by atoms with van der Waals surface area (Å²) < 4.78 is 0. The number of allylic oxidation sites excluding steroid dienone is 1. The van der Waals surface area contributed by atoms with Gasteiger partial charge in [-0.2, -0.15) is 5.26 Å². The monoisotopic (exact) mass is 579 g/mol. The van der Waals surface area contributed by atoms with E-state index >= 15 is 0 Å². The third-order valence-electron chi connectivity index (χ3n) is 7.09. The lowest BCUT2D eigenvalue weighted by Crippen LogP contribution is -2.46. The molecule has 0 amide bonds. The molecule has 0 aromatic heterocycles. The van der Waals surface area contributed by atoms with Crippen molar-refractivity contribution >= 4 is 23.0 Å². The van der Waals surface area contributed by atoms with Crippen LogP contribution in [0.25, 0.3) is 0 Å². The third kappa shape index (κ3) is 5.74. The molecule has 0 spiro atoms. The van der Waals surface area contributed by atoms with Gasteiger partial charge in [0.2, 0.25) is 0 Å². The largest absolute Gasteiger partial charge is 0.481 e. The average Bonchev–Trinajstić information content (AvgIpc) is 3.37. The van der Waals surface area contributed by atoms with Gasteiger partial charge in [0, 0.05) is 18.4 Å². The molecule has 0 atom stereocenters. The number of nitriles is 1. The maximum absolute atomic E-state index is 11.5. The van der Waals surface area contributed by atoms with Crippen LogP contribution in [-0.2, 0) is 16.9 Å². The normalized spacial score (nSPS) is 12.8. The minimum absolute atomic E-state index is 0. The van der Waals surface area contributed by atoms with Gasteiger partial charge in [-0.05, 0) is 40.8 Å². The molecule has 0 saturated heterocycles. The average molecular weight is 581 g/mol. The molecule has 0 unspecified atom stereocenters. The van der Waals surface area contributed by atoms with Gasteiger partial charge < -0.3 is 14.9 Å². The van der Waals surface area contributed by atoms with Crippen LogP contribution < -0.4 is 0 Å². The maximum atomic E-state index is 11.5. The predicted octanol–water partition coefficient (Wildman–Crippen LogP) is 6.91. The molecule has 1 aliphatic heterocycles. The fraction of sp³-hybridized carbons (Fsp3) is 0.152. The second kappa shape index (κ2) is 12.5. The van der Waals surface area contributed by atoms with Crippen LogP contribution in [-0.4, -0.2) is 27.5 Å². The Kier molecular flexibility index (Phi) is 8.85. The first-order valence-electron chi connectivity index (χ1n) is 12.7. The van der Waals surface area contributed by atoms with Gasteiger partial charge >= 0.3 is 5.97 Å². The molecule has 0 aliphatic carbocycles. The zero-order chi connectivity index (χ0) is 26.4. The summed E-state index contributed by atoms with van der Waals surface area (Å²) in [5.41, 5.74) is 5.43. The number of carbonyl (C=O) groups is 1. The van der Waals surface area contributed by atoms with E-state index in [0.29, 0.717) is 25.2 Å². The summed E-state index contributed by atoms with van der Waals surface area (Å²) in [6.45, 7) is 1.19. The van der Waals surface area contributed by atoms with Gasteiger partial charge in [-0.3, -0.25) is 4.79 Å². The number of carboxylic acids is 1. The van der Waals surface area contributed by atoms with E-state index in [-0.39, 0.29) is 23.4 Å². The lowest BCUT2D eigenvalue weighted by molar-refractivity contribution is -0.137. The quantitative estimate of drug-likeness (QED) is 0.218. The molecule has 4 aromatic rings. The topological polar surface area (TPSA) is 67.6 Å². The standard InChI is InChI=1S/C33H29N3O2.BrH/c34-22-26-16-18-27(19-17-26)23-35-25-36(24-31(35)20-21-32(37)38)33(28-10-4-1-5-11-28,29-12-6-2-7-13-29)30-14-8-3-9-15-30;/h1-19,24H,20-21,23,25H2,(H,37,38);1H. The van der Waals surface area contributed by atoms with Gasteiger partial charge in [-0.25, -0.2) is 0 Å². The van der Waals surface area contributed by atoms with Crippen LogP contribution in [0.2, 0.25) is 0 Å². The summed E-state index contributed by atoms with van der Waals surface area (Å²) in [6, 6.07) is 41.2. The first kappa shape index (κ1) is 27.7. The molecule has 196 valence electrons. The maximum Gasteiger partial charge on any atom is 0.303 e. The highest BCUT2D eigenvalue weighted by atomic mass is 79.9. The van der Waals surface area contributed by atoms with Crippen LogP contribution in [0.3, 0.4) is 0 Å². The Bertz CT molecular complexity index is 1350. The molecule has 0 bridgehead atoms. The second-order valence-electron chi connectivity index (χ2n) is 9.44. The van der Waals surface area contributed by atoms with Gasteiger partial charge in [-0.1, -0.05) is 103 Å². The zero-order valence-corrected chi connectivity index (χ0v) is 23.2. The molecule has 39 heavy (non-hydrogen) atoms. The summed E-state index contributed by atoms with van der Waals surface area (Å²) >= 11 is 0. The van der Waals surface area contributed by atoms with Crippen molar-refractivity contribution in [2.24, 2.45) is 0 Å². The highest BCUT2D eigenvalue weighted by Crippen LogP contribution is 2.45. The van der Waals surface area contributed by atoms with Gasteiger partial charge in [0.15, 0.2) is 0 Å². The van der Waals surface area contributed by atoms with E-state index in [1.165, 1.54) is 0 Å². The van der Waals surface area contributed by atoms with Gasteiger partial charge in [0.1, 0.15) is 5.54 Å². The molecule has 4 aromatic carbocycles. The fourth-order valence-corrected chi connectivity index (χ4v) is 5.33. The molecule has 0 saturated carbocycles. The molecule has 1 aliphatic rings. The first-order chi connectivity index (χ1) is 18.6. The molecule has 1 heterocycles. The van der Waals surface area contributed by atoms with Crippen molar-refractivity contribution in [1.82, 2.24) is 9.80 Å². The molecular weight excluding hydrogens is 550 g/mol. The van der Waals surface area contributed by atoms with Crippen molar-refractivity contribution in [2.45, 2.75) is 24.9 Å². The number of carboxylic acid groups (broad SMARTS) is 1. The minimum Gasteiger partial charge on any atom is -0.481 e. The molecule has 5 nitrogen and oxygen atoms in total. The number of rotatable bonds is 9. The smallest absolute Gasteiger partial charge is 0.303 e. The van der Waals surface area contributed by atoms with Crippen LogP contribution in [0, 0.1) is 11.3 Å². The molecular formula is C33H30BrN3O2. The van der Waals surface area contributed by atoms with Crippen molar-refractivity contribution in [3.63, 3.8) is 0 Å². The van der Waals surface area contributed by atoms with E-state index in [2.05, 4.69) is 94.9 Å². The van der Waals surface area contributed by atoms with Crippen molar-refractivity contribution in [3.8, 4) is 6.07 Å². The van der Waals surface area contributed by atoms with Crippen LogP contribution in [0.4, 0.5) is 0 Å². The van der Waals surface area contributed by atoms with E-state index in [0.717, 1.165) is 28.0 Å². The van der Waals surface area contributed by atoms with Crippen LogP contribution in [0.15, 0.2) is 127 Å². The van der Waals surface area contributed by atoms with Gasteiger partial charge in [0.25, 0.3) is 0 Å². The zero-order valence-electron chi connectivity index (χ0n) is 21.5. The molecule has 6 heteroatoms. The highest BCUT2D eigenvalue weighted by molar-refractivity contribution is 8.93. The minimum atomic E-state index is -0.817. The summed E-state index contributed by atoms with van der Waals surface area (Å²) in [5.74, 6) is -0.817. The Morgan fingerprint density at radius 1 is 0.795 bits per heavy atom. The predicted molar refractivity (Wildman–Crippen MR) is 158 cm³/mol. The van der Waals surface area contributed by atoms with Crippen molar-refractivity contribution in [1.29, 1.82) is 5.26 Å². The van der Waals surface area contributed by atoms with E-state index in [1.807, 2.05) is 42.5 Å². The van der Waals surface area contributed by atoms with Gasteiger partial charge in [0.05, 0.1) is 24.7 Å². The van der Waals surface area contributed by atoms with Crippen LogP contribution in [0.1, 0.15) is 40.7 Å². The summed E-state index contributed by atoms with van der Waals surface area (Å²) in [5, 5.41) is 18.7. The van der Waals surface area contributed by atoms with Crippen molar-refractivity contribution in [3.05, 3.63) is 155 Å². The van der Waals surface area contributed by atoms with Crippen molar-refractivity contribution < 1.29 is 9.90 Å². The fourth-order valence-electron chi connectivity index (χ4n) is 5.33. The van der Waals surface area contributed by atoms with E-state index in [1.54, 1.807) is 0 Å². The number of benzene rings is 4. The van der Waals surface area contributed by atoms with Crippen molar-refractivity contribution in [2.75, 3.05) is 6.67 Å². The number of aliphatic carboxylic acids is 1. The van der Waals surface area contributed by atoms with E-state index in [4.69, 9.17) is 0 Å². The number of hydrogen-bond donors (Lipinski definition) is 1. The van der Waals surface area contributed by atoms with E-state index < -0.39 is 11.5 Å². The summed E-state index contributed by atoms with van der Waals surface area (Å²) in [6.07, 6.45) is 2.62.